The summed E-state index contributed by atoms with van der Waals surface area (Å²) < 4.78 is 5.28. The Hall–Kier alpha value is -1.44. The van der Waals surface area contributed by atoms with Crippen molar-refractivity contribution in [2.45, 2.75) is 12.3 Å². The van der Waals surface area contributed by atoms with E-state index in [4.69, 9.17) is 4.74 Å². The van der Waals surface area contributed by atoms with Gasteiger partial charge >= 0.3 is 0 Å². The zero-order valence-corrected chi connectivity index (χ0v) is 8.86. The lowest BCUT2D eigenvalue weighted by molar-refractivity contribution is 0.413. The van der Waals surface area contributed by atoms with E-state index in [9.17, 15) is 0 Å². The van der Waals surface area contributed by atoms with Crippen LogP contribution >= 0.6 is 0 Å². The number of rotatable bonds is 1. The average Bonchev–Trinajstić information content (AvgIpc) is 2.76. The number of hydrogen-bond acceptors (Lipinski definition) is 2. The molecule has 2 atom stereocenters. The zero-order chi connectivity index (χ0) is 10.3. The Labute approximate surface area is 89.9 Å². The summed E-state index contributed by atoms with van der Waals surface area (Å²) in [6.45, 7) is 1.09. The second-order valence-electron chi connectivity index (χ2n) is 4.28. The Morgan fingerprint density at radius 2 is 2.33 bits per heavy atom. The molecule has 1 aromatic rings. The monoisotopic (exact) mass is 201 g/mol. The fourth-order valence-corrected chi connectivity index (χ4v) is 2.62. The summed E-state index contributed by atoms with van der Waals surface area (Å²) in [6.07, 6.45) is 5.84. The van der Waals surface area contributed by atoms with Gasteiger partial charge in [-0.15, -0.1) is 0 Å². The molecule has 2 heteroatoms. The van der Waals surface area contributed by atoms with Crippen LogP contribution < -0.4 is 10.1 Å². The number of nitrogens with one attached hydrogen (secondary N) is 1. The minimum absolute atomic E-state index is 0.594. The van der Waals surface area contributed by atoms with Gasteiger partial charge in [-0.05, 0) is 36.1 Å². The van der Waals surface area contributed by atoms with E-state index < -0.39 is 0 Å². The number of ether oxygens (including phenoxy) is 1. The highest BCUT2D eigenvalue weighted by molar-refractivity contribution is 5.59. The molecule has 1 aliphatic carbocycles. The molecule has 2 nitrogen and oxygen atoms in total. The van der Waals surface area contributed by atoms with Crippen LogP contribution in [0.2, 0.25) is 0 Å². The molecular weight excluding hydrogens is 186 g/mol. The standard InChI is InChI=1S/C13H15NO/c1-15-10-5-6-13-12(7-10)11-4-2-3-9(11)8-14-13/h2,4-7,9,11,14H,3,8H2,1H3. The molecule has 0 amide bonds. The first-order chi connectivity index (χ1) is 7.38. The molecule has 0 saturated carbocycles. The predicted octanol–water partition coefficient (Wildman–Crippen LogP) is 2.78. The van der Waals surface area contributed by atoms with Gasteiger partial charge in [0, 0.05) is 18.2 Å². The smallest absolute Gasteiger partial charge is 0.119 e. The molecule has 0 spiro atoms. The number of benzene rings is 1. The normalized spacial score (nSPS) is 26.7. The third kappa shape index (κ3) is 1.32. The Balaban J connectivity index is 2.06. The molecule has 3 rings (SSSR count). The molecule has 1 N–H and O–H groups in total. The lowest BCUT2D eigenvalue weighted by atomic mass is 9.84. The molecule has 0 radical (unpaired) electrons. The first-order valence-electron chi connectivity index (χ1n) is 5.47. The van der Waals surface area contributed by atoms with Crippen LogP contribution in [-0.2, 0) is 0 Å². The Bertz CT molecular complexity index is 411. The topological polar surface area (TPSA) is 21.3 Å². The fraction of sp³-hybridized carbons (Fsp3) is 0.385. The molecule has 2 aliphatic rings. The molecule has 15 heavy (non-hydrogen) atoms. The van der Waals surface area contributed by atoms with Crippen LogP contribution in [-0.4, -0.2) is 13.7 Å². The molecular formula is C13H15NO. The molecule has 0 saturated heterocycles. The highest BCUT2D eigenvalue weighted by Crippen LogP contribution is 2.42. The second kappa shape index (κ2) is 3.30. The van der Waals surface area contributed by atoms with Gasteiger partial charge < -0.3 is 10.1 Å². The van der Waals surface area contributed by atoms with E-state index in [0.717, 1.165) is 18.2 Å². The first kappa shape index (κ1) is 8.84. The van der Waals surface area contributed by atoms with Crippen molar-refractivity contribution in [3.63, 3.8) is 0 Å². The van der Waals surface area contributed by atoms with Gasteiger partial charge in [0.2, 0.25) is 0 Å². The SMILES string of the molecule is COc1ccc2c(c1)C1C=CCC1CN2. The van der Waals surface area contributed by atoms with Gasteiger partial charge in [0.05, 0.1) is 7.11 Å². The summed E-state index contributed by atoms with van der Waals surface area (Å²) in [5.41, 5.74) is 2.66. The number of allylic oxidation sites excluding steroid dienone is 2. The third-order valence-electron chi connectivity index (χ3n) is 3.46. The van der Waals surface area contributed by atoms with E-state index in [1.54, 1.807) is 7.11 Å². The van der Waals surface area contributed by atoms with Crippen LogP contribution in [0.4, 0.5) is 5.69 Å². The maximum atomic E-state index is 5.28. The van der Waals surface area contributed by atoms with E-state index in [1.807, 2.05) is 6.07 Å². The molecule has 1 aromatic carbocycles. The van der Waals surface area contributed by atoms with Crippen molar-refractivity contribution in [1.82, 2.24) is 0 Å². The van der Waals surface area contributed by atoms with Crippen LogP contribution in [0.15, 0.2) is 30.4 Å². The maximum Gasteiger partial charge on any atom is 0.119 e. The highest BCUT2D eigenvalue weighted by Gasteiger charge is 2.30. The Morgan fingerprint density at radius 3 is 3.20 bits per heavy atom. The summed E-state index contributed by atoms with van der Waals surface area (Å²) in [6, 6.07) is 6.30. The van der Waals surface area contributed by atoms with E-state index in [1.165, 1.54) is 17.7 Å². The van der Waals surface area contributed by atoms with Crippen molar-refractivity contribution in [3.05, 3.63) is 35.9 Å². The largest absolute Gasteiger partial charge is 0.497 e. The van der Waals surface area contributed by atoms with Crippen molar-refractivity contribution < 1.29 is 4.74 Å². The summed E-state index contributed by atoms with van der Waals surface area (Å²) >= 11 is 0. The Morgan fingerprint density at radius 1 is 1.40 bits per heavy atom. The van der Waals surface area contributed by atoms with E-state index in [-0.39, 0.29) is 0 Å². The van der Waals surface area contributed by atoms with Gasteiger partial charge in [-0.2, -0.15) is 0 Å². The van der Waals surface area contributed by atoms with Crippen molar-refractivity contribution in [3.8, 4) is 5.75 Å². The highest BCUT2D eigenvalue weighted by atomic mass is 16.5. The van der Waals surface area contributed by atoms with Crippen LogP contribution in [0.5, 0.6) is 5.75 Å². The number of anilines is 1. The number of fused-ring (bicyclic) bond motifs is 3. The van der Waals surface area contributed by atoms with Gasteiger partial charge in [-0.1, -0.05) is 12.2 Å². The molecule has 0 bridgehead atoms. The lowest BCUT2D eigenvalue weighted by Gasteiger charge is -2.29. The summed E-state index contributed by atoms with van der Waals surface area (Å²) in [5.74, 6) is 2.29. The minimum Gasteiger partial charge on any atom is -0.497 e. The van der Waals surface area contributed by atoms with Crippen molar-refractivity contribution in [2.24, 2.45) is 5.92 Å². The van der Waals surface area contributed by atoms with Crippen LogP contribution in [0, 0.1) is 5.92 Å². The average molecular weight is 201 g/mol. The molecule has 1 heterocycles. The molecule has 78 valence electrons. The quantitative estimate of drug-likeness (QED) is 0.705. The van der Waals surface area contributed by atoms with Gasteiger partial charge in [0.25, 0.3) is 0 Å². The third-order valence-corrected chi connectivity index (χ3v) is 3.46. The van der Waals surface area contributed by atoms with Crippen LogP contribution in [0.25, 0.3) is 0 Å². The molecule has 1 aliphatic heterocycles. The number of hydrogen-bond donors (Lipinski definition) is 1. The van der Waals surface area contributed by atoms with Gasteiger partial charge in [0.15, 0.2) is 0 Å². The Kier molecular flexibility index (Phi) is 1.94. The minimum atomic E-state index is 0.594. The fourth-order valence-electron chi connectivity index (χ4n) is 2.62. The molecule has 0 aromatic heterocycles. The van der Waals surface area contributed by atoms with Crippen molar-refractivity contribution in [2.75, 3.05) is 19.0 Å². The van der Waals surface area contributed by atoms with Gasteiger partial charge in [-0.25, -0.2) is 0 Å². The second-order valence-corrected chi connectivity index (χ2v) is 4.28. The van der Waals surface area contributed by atoms with Crippen molar-refractivity contribution in [1.29, 1.82) is 0 Å². The predicted molar refractivity (Wildman–Crippen MR) is 61.5 cm³/mol. The number of methoxy groups -OCH3 is 1. The molecule has 0 fully saturated rings. The van der Waals surface area contributed by atoms with E-state index in [0.29, 0.717) is 5.92 Å². The van der Waals surface area contributed by atoms with E-state index >= 15 is 0 Å². The zero-order valence-electron chi connectivity index (χ0n) is 8.86. The summed E-state index contributed by atoms with van der Waals surface area (Å²) in [4.78, 5) is 0. The first-order valence-corrected chi connectivity index (χ1v) is 5.47. The summed E-state index contributed by atoms with van der Waals surface area (Å²) in [7, 11) is 1.72. The van der Waals surface area contributed by atoms with E-state index in [2.05, 4.69) is 29.6 Å². The van der Waals surface area contributed by atoms with Crippen LogP contribution in [0.3, 0.4) is 0 Å². The van der Waals surface area contributed by atoms with Gasteiger partial charge in [-0.3, -0.25) is 0 Å². The lowest BCUT2D eigenvalue weighted by Crippen LogP contribution is -2.24. The van der Waals surface area contributed by atoms with Crippen LogP contribution in [0.1, 0.15) is 17.9 Å². The maximum absolute atomic E-state index is 5.28. The molecule has 2 unspecified atom stereocenters. The summed E-state index contributed by atoms with van der Waals surface area (Å²) in [5, 5.41) is 3.49. The van der Waals surface area contributed by atoms with Gasteiger partial charge in [0.1, 0.15) is 5.75 Å². The van der Waals surface area contributed by atoms with Crippen molar-refractivity contribution >= 4 is 5.69 Å².